The van der Waals surface area contributed by atoms with Gasteiger partial charge in [0.15, 0.2) is 0 Å². The van der Waals surface area contributed by atoms with Gasteiger partial charge in [-0.1, -0.05) is 35.0 Å². The predicted molar refractivity (Wildman–Crippen MR) is 87.4 cm³/mol. The minimum absolute atomic E-state index is 0.325. The summed E-state index contributed by atoms with van der Waals surface area (Å²) in [5.41, 5.74) is 6.96. The highest BCUT2D eigenvalue weighted by atomic mass is 35.5. The number of halogens is 2. The predicted octanol–water partition coefficient (Wildman–Crippen LogP) is 4.90. The summed E-state index contributed by atoms with van der Waals surface area (Å²) in [7, 11) is 0. The number of ether oxygens (including phenoxy) is 1. The molecule has 0 bridgehead atoms. The molecule has 0 atom stereocenters. The fourth-order valence-electron chi connectivity index (χ4n) is 1.64. The van der Waals surface area contributed by atoms with Gasteiger partial charge in [0.05, 0.1) is 17.2 Å². The maximum Gasteiger partial charge on any atom is 0.338 e. The second kappa shape index (κ2) is 7.07. The number of hydrogen-bond donors (Lipinski definition) is 1. The molecule has 2 rings (SSSR count). The molecule has 0 spiro atoms. The van der Waals surface area contributed by atoms with Crippen molar-refractivity contribution in [3.63, 3.8) is 0 Å². The summed E-state index contributed by atoms with van der Waals surface area (Å²) in [5.74, 6) is -0.378. The number of nitrogens with two attached hydrogens (primary N) is 1. The van der Waals surface area contributed by atoms with E-state index in [9.17, 15) is 4.79 Å². The van der Waals surface area contributed by atoms with Crippen LogP contribution in [0.25, 0.3) is 0 Å². The highest BCUT2D eigenvalue weighted by Crippen LogP contribution is 2.38. The van der Waals surface area contributed by atoms with E-state index >= 15 is 0 Å². The fraction of sp³-hybridized carbons (Fsp3) is 0.133. The molecule has 3 nitrogen and oxygen atoms in total. The van der Waals surface area contributed by atoms with Gasteiger partial charge in [-0.15, -0.1) is 0 Å². The third kappa shape index (κ3) is 4.06. The van der Waals surface area contributed by atoms with Crippen molar-refractivity contribution in [3.05, 3.63) is 52.0 Å². The number of carbonyl (C=O) groups is 1. The van der Waals surface area contributed by atoms with Crippen LogP contribution in [0.2, 0.25) is 10.0 Å². The molecule has 0 saturated carbocycles. The average molecular weight is 342 g/mol. The maximum atomic E-state index is 11.8. The van der Waals surface area contributed by atoms with Gasteiger partial charge in [0.2, 0.25) is 0 Å². The van der Waals surface area contributed by atoms with Crippen molar-refractivity contribution in [3.8, 4) is 0 Å². The van der Waals surface area contributed by atoms with E-state index in [2.05, 4.69) is 0 Å². The Hall–Kier alpha value is -1.36. The van der Waals surface area contributed by atoms with E-state index in [1.165, 1.54) is 11.8 Å². The first kappa shape index (κ1) is 16.0. The van der Waals surface area contributed by atoms with Crippen molar-refractivity contribution in [1.29, 1.82) is 0 Å². The lowest BCUT2D eigenvalue weighted by molar-refractivity contribution is 0.0526. The molecule has 2 aromatic rings. The zero-order chi connectivity index (χ0) is 15.4. The molecule has 0 amide bonds. The second-order valence-corrected chi connectivity index (χ2v) is 6.08. The van der Waals surface area contributed by atoms with Crippen LogP contribution in [-0.2, 0) is 4.74 Å². The van der Waals surface area contributed by atoms with Gasteiger partial charge < -0.3 is 10.5 Å². The Morgan fingerprint density at radius 1 is 1.19 bits per heavy atom. The molecule has 0 radical (unpaired) electrons. The summed E-state index contributed by atoms with van der Waals surface area (Å²) in [5, 5.41) is 1.16. The van der Waals surface area contributed by atoms with Gasteiger partial charge in [0, 0.05) is 20.5 Å². The van der Waals surface area contributed by atoms with E-state index in [0.717, 1.165) is 9.79 Å². The summed E-state index contributed by atoms with van der Waals surface area (Å²) in [6.07, 6.45) is 0. The van der Waals surface area contributed by atoms with Gasteiger partial charge in [-0.25, -0.2) is 4.79 Å². The summed E-state index contributed by atoms with van der Waals surface area (Å²) in [4.78, 5) is 13.3. The van der Waals surface area contributed by atoms with Crippen LogP contribution in [0.15, 0.2) is 46.2 Å². The molecular formula is C15H13Cl2NO2S. The lowest BCUT2D eigenvalue weighted by Crippen LogP contribution is -2.05. The Bertz CT molecular complexity index is 677. The van der Waals surface area contributed by atoms with Crippen LogP contribution in [0.3, 0.4) is 0 Å². The van der Waals surface area contributed by atoms with Crippen molar-refractivity contribution in [2.24, 2.45) is 0 Å². The molecule has 2 aromatic carbocycles. The van der Waals surface area contributed by atoms with E-state index in [0.29, 0.717) is 27.9 Å². The van der Waals surface area contributed by atoms with Crippen LogP contribution >= 0.6 is 35.0 Å². The Kier molecular flexibility index (Phi) is 5.39. The number of rotatable bonds is 4. The number of benzene rings is 2. The standard InChI is InChI=1S/C15H13Cl2NO2S/c1-2-20-15(19)9-3-6-12(18)14(7-9)21-13-8-10(16)4-5-11(13)17/h3-8H,2,18H2,1H3. The molecule has 0 saturated heterocycles. The van der Waals surface area contributed by atoms with Gasteiger partial charge in [-0.2, -0.15) is 0 Å². The van der Waals surface area contributed by atoms with Gasteiger partial charge in [0.1, 0.15) is 0 Å². The van der Waals surface area contributed by atoms with E-state index < -0.39 is 0 Å². The first-order valence-corrected chi connectivity index (χ1v) is 7.78. The Morgan fingerprint density at radius 2 is 1.95 bits per heavy atom. The largest absolute Gasteiger partial charge is 0.462 e. The van der Waals surface area contributed by atoms with Gasteiger partial charge in [-0.3, -0.25) is 0 Å². The van der Waals surface area contributed by atoms with Crippen LogP contribution in [0.1, 0.15) is 17.3 Å². The van der Waals surface area contributed by atoms with E-state index in [-0.39, 0.29) is 5.97 Å². The smallest absolute Gasteiger partial charge is 0.338 e. The van der Waals surface area contributed by atoms with Crippen LogP contribution < -0.4 is 5.73 Å². The highest BCUT2D eigenvalue weighted by molar-refractivity contribution is 7.99. The number of nitrogen functional groups attached to an aromatic ring is 1. The normalized spacial score (nSPS) is 10.4. The maximum absolute atomic E-state index is 11.8. The van der Waals surface area contributed by atoms with Crippen molar-refractivity contribution in [1.82, 2.24) is 0 Å². The molecule has 0 aliphatic heterocycles. The Morgan fingerprint density at radius 3 is 2.67 bits per heavy atom. The van der Waals surface area contributed by atoms with E-state index in [1.807, 2.05) is 0 Å². The molecule has 2 N–H and O–H groups in total. The summed E-state index contributed by atoms with van der Waals surface area (Å²) in [6.45, 7) is 2.09. The first-order valence-electron chi connectivity index (χ1n) is 6.20. The van der Waals surface area contributed by atoms with E-state index in [1.54, 1.807) is 43.3 Å². The zero-order valence-corrected chi connectivity index (χ0v) is 13.6. The number of anilines is 1. The van der Waals surface area contributed by atoms with Crippen molar-refractivity contribution in [2.45, 2.75) is 16.7 Å². The molecule has 0 aliphatic rings. The number of hydrogen-bond acceptors (Lipinski definition) is 4. The topological polar surface area (TPSA) is 52.3 Å². The fourth-order valence-corrected chi connectivity index (χ4v) is 3.07. The summed E-state index contributed by atoms with van der Waals surface area (Å²) < 4.78 is 4.98. The lowest BCUT2D eigenvalue weighted by atomic mass is 10.2. The Balaban J connectivity index is 2.33. The number of carbonyl (C=O) groups excluding carboxylic acids is 1. The summed E-state index contributed by atoms with van der Waals surface area (Å²) >= 11 is 13.5. The first-order chi connectivity index (χ1) is 10.0. The van der Waals surface area contributed by atoms with Crippen molar-refractivity contribution >= 4 is 46.6 Å². The molecular weight excluding hydrogens is 329 g/mol. The molecule has 0 fully saturated rings. The molecule has 0 heterocycles. The molecule has 6 heteroatoms. The third-order valence-electron chi connectivity index (χ3n) is 2.64. The van der Waals surface area contributed by atoms with Gasteiger partial charge >= 0.3 is 5.97 Å². The van der Waals surface area contributed by atoms with Crippen molar-refractivity contribution in [2.75, 3.05) is 12.3 Å². The zero-order valence-electron chi connectivity index (χ0n) is 11.2. The SMILES string of the molecule is CCOC(=O)c1ccc(N)c(Sc2cc(Cl)ccc2Cl)c1. The Labute approximate surface area is 137 Å². The molecule has 21 heavy (non-hydrogen) atoms. The molecule has 0 aliphatic carbocycles. The average Bonchev–Trinajstić information content (AvgIpc) is 2.45. The van der Waals surface area contributed by atoms with Crippen LogP contribution in [0, 0.1) is 0 Å². The monoisotopic (exact) mass is 341 g/mol. The van der Waals surface area contributed by atoms with Gasteiger partial charge in [-0.05, 0) is 43.3 Å². The third-order valence-corrected chi connectivity index (χ3v) is 4.45. The minimum Gasteiger partial charge on any atom is -0.462 e. The van der Waals surface area contributed by atoms with Crippen LogP contribution in [0.4, 0.5) is 5.69 Å². The van der Waals surface area contributed by atoms with Crippen LogP contribution in [0.5, 0.6) is 0 Å². The molecule has 110 valence electrons. The molecule has 0 unspecified atom stereocenters. The van der Waals surface area contributed by atoms with Crippen LogP contribution in [-0.4, -0.2) is 12.6 Å². The summed E-state index contributed by atoms with van der Waals surface area (Å²) in [6, 6.07) is 10.2. The second-order valence-electron chi connectivity index (χ2n) is 4.15. The van der Waals surface area contributed by atoms with E-state index in [4.69, 9.17) is 33.7 Å². The molecule has 0 aromatic heterocycles. The van der Waals surface area contributed by atoms with Crippen molar-refractivity contribution < 1.29 is 9.53 Å². The highest BCUT2D eigenvalue weighted by Gasteiger charge is 2.12. The lowest BCUT2D eigenvalue weighted by Gasteiger charge is -2.09. The number of esters is 1. The van der Waals surface area contributed by atoms with Gasteiger partial charge in [0.25, 0.3) is 0 Å². The minimum atomic E-state index is -0.378. The quantitative estimate of drug-likeness (QED) is 0.634.